The Hall–Kier alpha value is -3.85. The Balaban J connectivity index is 1.42. The fourth-order valence-corrected chi connectivity index (χ4v) is 3.32. The maximum atomic E-state index is 14.6. The van der Waals surface area contributed by atoms with Crippen LogP contribution in [0.1, 0.15) is 35.9 Å². The lowest BCUT2D eigenvalue weighted by molar-refractivity contribution is 0.314. The number of nitrogens with zero attached hydrogens (tertiary/aromatic N) is 2. The highest BCUT2D eigenvalue weighted by molar-refractivity contribution is 5.84. The van der Waals surface area contributed by atoms with Gasteiger partial charge in [0.25, 0.3) is 0 Å². The quantitative estimate of drug-likeness (QED) is 0.340. The lowest BCUT2D eigenvalue weighted by Crippen LogP contribution is -2.01. The van der Waals surface area contributed by atoms with E-state index >= 15 is 0 Å². The molecule has 0 aliphatic rings. The van der Waals surface area contributed by atoms with Gasteiger partial charge in [-0.2, -0.15) is 0 Å². The number of aryl methyl sites for hydroxylation is 2. The Morgan fingerprint density at radius 2 is 1.67 bits per heavy atom. The van der Waals surface area contributed by atoms with Crippen LogP contribution in [0.15, 0.2) is 60.9 Å². The summed E-state index contributed by atoms with van der Waals surface area (Å²) in [7, 11) is 0. The van der Waals surface area contributed by atoms with Crippen LogP contribution in [0.2, 0.25) is 0 Å². The predicted molar refractivity (Wildman–Crippen MR) is 121 cm³/mol. The summed E-state index contributed by atoms with van der Waals surface area (Å²) >= 11 is 0. The largest absolute Gasteiger partial charge is 0.490 e. The van der Waals surface area contributed by atoms with Gasteiger partial charge in [0.05, 0.1) is 24.6 Å². The maximum absolute atomic E-state index is 14.6. The lowest BCUT2D eigenvalue weighted by atomic mass is 10.0. The van der Waals surface area contributed by atoms with Crippen molar-refractivity contribution in [3.05, 3.63) is 101 Å². The van der Waals surface area contributed by atoms with Gasteiger partial charge in [-0.15, -0.1) is 0 Å². The number of aromatic nitrogens is 2. The minimum atomic E-state index is -0.895. The van der Waals surface area contributed by atoms with Crippen molar-refractivity contribution in [2.75, 3.05) is 6.61 Å². The molecule has 0 N–H and O–H groups in total. The molecule has 33 heavy (non-hydrogen) atoms. The molecule has 3 aromatic carbocycles. The molecular formula is C27H21F3N2O. The summed E-state index contributed by atoms with van der Waals surface area (Å²) in [5.41, 5.74) is 1.66. The van der Waals surface area contributed by atoms with Crippen LogP contribution in [0.4, 0.5) is 13.2 Å². The second-order valence-electron chi connectivity index (χ2n) is 7.54. The summed E-state index contributed by atoms with van der Waals surface area (Å²) in [6.07, 6.45) is 5.38. The van der Waals surface area contributed by atoms with Gasteiger partial charge in [-0.1, -0.05) is 37.0 Å². The van der Waals surface area contributed by atoms with Crippen LogP contribution < -0.4 is 4.74 Å². The first-order valence-corrected chi connectivity index (χ1v) is 10.7. The van der Waals surface area contributed by atoms with Crippen LogP contribution in [0.25, 0.3) is 10.8 Å². The van der Waals surface area contributed by atoms with Crippen molar-refractivity contribution < 1.29 is 17.9 Å². The smallest absolute Gasteiger partial charge is 0.166 e. The van der Waals surface area contributed by atoms with E-state index in [-0.39, 0.29) is 10.9 Å². The van der Waals surface area contributed by atoms with Crippen molar-refractivity contribution in [2.45, 2.75) is 26.2 Å². The second-order valence-corrected chi connectivity index (χ2v) is 7.54. The molecule has 0 fully saturated rings. The zero-order valence-corrected chi connectivity index (χ0v) is 18.0. The number of hydrogen-bond donors (Lipinski definition) is 0. The molecule has 1 heterocycles. The molecule has 0 spiro atoms. The first kappa shape index (κ1) is 22.3. The van der Waals surface area contributed by atoms with Crippen molar-refractivity contribution in [1.29, 1.82) is 0 Å². The van der Waals surface area contributed by atoms with E-state index in [0.717, 1.165) is 18.1 Å². The van der Waals surface area contributed by atoms with Crippen LogP contribution >= 0.6 is 0 Å². The molecule has 0 saturated carbocycles. The van der Waals surface area contributed by atoms with Gasteiger partial charge in [-0.3, -0.25) is 0 Å². The van der Waals surface area contributed by atoms with Crippen molar-refractivity contribution in [2.24, 2.45) is 0 Å². The highest BCUT2D eigenvalue weighted by atomic mass is 19.2. The number of ether oxygens (including phenoxy) is 1. The Kier molecular flexibility index (Phi) is 6.89. The van der Waals surface area contributed by atoms with Gasteiger partial charge in [0.15, 0.2) is 17.4 Å². The normalized spacial score (nSPS) is 10.7. The molecule has 0 amide bonds. The van der Waals surface area contributed by atoms with Crippen LogP contribution in [0.5, 0.6) is 5.75 Å². The van der Waals surface area contributed by atoms with Gasteiger partial charge >= 0.3 is 0 Å². The molecule has 0 bridgehead atoms. The molecule has 4 aromatic rings. The molecule has 166 valence electrons. The van der Waals surface area contributed by atoms with Crippen LogP contribution in [-0.2, 0) is 12.8 Å². The van der Waals surface area contributed by atoms with E-state index in [1.807, 2.05) is 13.0 Å². The number of hydrogen-bond acceptors (Lipinski definition) is 3. The van der Waals surface area contributed by atoms with Gasteiger partial charge < -0.3 is 4.74 Å². The van der Waals surface area contributed by atoms with Gasteiger partial charge in [0.2, 0.25) is 0 Å². The third-order valence-electron chi connectivity index (χ3n) is 5.07. The topological polar surface area (TPSA) is 35.0 Å². The average molecular weight is 446 g/mol. The van der Waals surface area contributed by atoms with Crippen molar-refractivity contribution in [1.82, 2.24) is 9.97 Å². The molecule has 0 unspecified atom stereocenters. The molecular weight excluding hydrogens is 425 g/mol. The van der Waals surface area contributed by atoms with E-state index in [1.165, 1.54) is 18.2 Å². The molecule has 0 atom stereocenters. The molecule has 1 aromatic heterocycles. The molecule has 0 aliphatic heterocycles. The Morgan fingerprint density at radius 3 is 2.42 bits per heavy atom. The zero-order valence-electron chi connectivity index (χ0n) is 18.0. The van der Waals surface area contributed by atoms with Crippen molar-refractivity contribution in [3.8, 4) is 17.6 Å². The fourth-order valence-electron chi connectivity index (χ4n) is 3.32. The number of fused-ring (bicyclic) bond motifs is 1. The summed E-state index contributed by atoms with van der Waals surface area (Å²) < 4.78 is 47.2. The zero-order chi connectivity index (χ0) is 23.2. The minimum absolute atomic E-state index is 0.184. The van der Waals surface area contributed by atoms with Crippen LogP contribution in [0, 0.1) is 29.3 Å². The van der Waals surface area contributed by atoms with Gasteiger partial charge in [0.1, 0.15) is 11.6 Å². The van der Waals surface area contributed by atoms with Gasteiger partial charge in [0, 0.05) is 17.4 Å². The molecule has 0 saturated heterocycles. The van der Waals surface area contributed by atoms with E-state index in [4.69, 9.17) is 4.74 Å². The van der Waals surface area contributed by atoms with Crippen LogP contribution in [-0.4, -0.2) is 16.6 Å². The van der Waals surface area contributed by atoms with E-state index in [2.05, 4.69) is 21.8 Å². The first-order valence-electron chi connectivity index (χ1n) is 10.7. The van der Waals surface area contributed by atoms with E-state index < -0.39 is 17.5 Å². The highest BCUT2D eigenvalue weighted by Gasteiger charge is 2.07. The standard InChI is InChI=1S/C27H21F3N2O/c1-2-13-33-22-16-31-26(32-17-22)12-6-19-4-8-20(25(29)15-19)7-3-18-5-10-23-21(14-18)9-11-24(28)27(23)30/h4-5,8-11,14-17H,2,6,12-13H2,1H3. The summed E-state index contributed by atoms with van der Waals surface area (Å²) in [6, 6.07) is 12.2. The van der Waals surface area contributed by atoms with E-state index in [0.29, 0.717) is 42.0 Å². The summed E-state index contributed by atoms with van der Waals surface area (Å²) in [5.74, 6) is 4.80. The molecule has 4 rings (SSSR count). The Labute approximate surface area is 190 Å². The number of benzene rings is 3. The molecule has 0 radical (unpaired) electrons. The maximum Gasteiger partial charge on any atom is 0.166 e. The highest BCUT2D eigenvalue weighted by Crippen LogP contribution is 2.21. The Morgan fingerprint density at radius 1 is 0.848 bits per heavy atom. The third-order valence-corrected chi connectivity index (χ3v) is 5.07. The molecule has 3 nitrogen and oxygen atoms in total. The van der Waals surface area contributed by atoms with Gasteiger partial charge in [-0.25, -0.2) is 23.1 Å². The summed E-state index contributed by atoms with van der Waals surface area (Å²) in [5, 5.41) is 0.715. The summed E-state index contributed by atoms with van der Waals surface area (Å²) in [6.45, 7) is 2.65. The SMILES string of the molecule is CCCOc1cnc(CCc2ccc(C#Cc3ccc4c(F)c(F)ccc4c3)c(F)c2)nc1. The lowest BCUT2D eigenvalue weighted by Gasteiger charge is -2.05. The minimum Gasteiger partial charge on any atom is -0.490 e. The van der Waals surface area contributed by atoms with E-state index in [9.17, 15) is 13.2 Å². The Bertz CT molecular complexity index is 1340. The van der Waals surface area contributed by atoms with Crippen LogP contribution in [0.3, 0.4) is 0 Å². The molecule has 0 aliphatic carbocycles. The predicted octanol–water partition coefficient (Wildman–Crippen LogP) is 6.02. The monoisotopic (exact) mass is 446 g/mol. The number of halogens is 3. The van der Waals surface area contributed by atoms with Crippen molar-refractivity contribution >= 4 is 10.8 Å². The fraction of sp³-hybridized carbons (Fsp3) is 0.185. The third kappa shape index (κ3) is 5.50. The summed E-state index contributed by atoms with van der Waals surface area (Å²) in [4.78, 5) is 8.57. The average Bonchev–Trinajstić information content (AvgIpc) is 2.84. The molecule has 6 heteroatoms. The number of rotatable bonds is 6. The van der Waals surface area contributed by atoms with E-state index in [1.54, 1.807) is 30.6 Å². The second kappa shape index (κ2) is 10.2. The van der Waals surface area contributed by atoms with Crippen molar-refractivity contribution in [3.63, 3.8) is 0 Å². The first-order chi connectivity index (χ1) is 16.0. The van der Waals surface area contributed by atoms with Gasteiger partial charge in [-0.05, 0) is 54.1 Å².